The van der Waals surface area contributed by atoms with Gasteiger partial charge < -0.3 is 10.4 Å². The Labute approximate surface area is 57.7 Å². The van der Waals surface area contributed by atoms with Gasteiger partial charge in [-0.05, 0) is 6.42 Å². The molecule has 4 nitrogen and oxygen atoms in total. The lowest BCUT2D eigenvalue weighted by Crippen LogP contribution is -2.08. The second kappa shape index (κ2) is 4.72. The quantitative estimate of drug-likeness (QED) is 0.360. The van der Waals surface area contributed by atoms with E-state index in [2.05, 4.69) is 10.3 Å². The van der Waals surface area contributed by atoms with Gasteiger partial charge in [0, 0.05) is 0 Å². The first-order valence-corrected chi connectivity index (χ1v) is 2.85. The van der Waals surface area contributed by atoms with E-state index in [0.717, 1.165) is 0 Å². The van der Waals surface area contributed by atoms with Crippen molar-refractivity contribution in [2.75, 3.05) is 0 Å². The van der Waals surface area contributed by atoms with E-state index in [-0.39, 0.29) is 12.1 Å². The molecule has 0 atom stereocenters. The van der Waals surface area contributed by atoms with Gasteiger partial charge in [-0.25, -0.2) is 0 Å². The minimum Gasteiger partial charge on any atom is -0.411 e. The molecule has 0 aromatic heterocycles. The number of rotatable bonds is 3. The number of nitrogens with zero attached hydrogens (tertiary/aromatic N) is 2. The van der Waals surface area contributed by atoms with Gasteiger partial charge in [-0.3, -0.25) is 0 Å². The molecular weight excluding hydrogens is 139 g/mol. The van der Waals surface area contributed by atoms with Crippen molar-refractivity contribution in [3.8, 4) is 0 Å². The van der Waals surface area contributed by atoms with Crippen LogP contribution in [0.5, 0.6) is 0 Å². The second-order valence-corrected chi connectivity index (χ2v) is 1.69. The van der Waals surface area contributed by atoms with Crippen LogP contribution in [-0.4, -0.2) is 22.1 Å². The van der Waals surface area contributed by atoms with E-state index in [1.807, 2.05) is 0 Å². The van der Waals surface area contributed by atoms with Crippen molar-refractivity contribution in [3.63, 3.8) is 0 Å². The Morgan fingerprint density at radius 2 is 2.00 bits per heavy atom. The molecule has 5 heteroatoms. The largest absolute Gasteiger partial charge is 0.411 e. The first kappa shape index (κ1) is 8.87. The van der Waals surface area contributed by atoms with Gasteiger partial charge in [-0.15, -0.1) is 0 Å². The van der Waals surface area contributed by atoms with Gasteiger partial charge in [0.1, 0.15) is 5.71 Å². The molecule has 0 radical (unpaired) electrons. The summed E-state index contributed by atoms with van der Waals surface area (Å²) < 4.78 is 12.2. The predicted octanol–water partition coefficient (Wildman–Crippen LogP) is 1.37. The summed E-state index contributed by atoms with van der Waals surface area (Å²) in [7, 11) is 0. The zero-order chi connectivity index (χ0) is 7.98. The molecule has 2 N–H and O–H groups in total. The van der Waals surface area contributed by atoms with Crippen molar-refractivity contribution in [1.82, 2.24) is 0 Å². The van der Waals surface area contributed by atoms with E-state index < -0.39 is 5.97 Å². The number of oxime groups is 2. The van der Waals surface area contributed by atoms with Crippen LogP contribution in [0.3, 0.4) is 0 Å². The summed E-state index contributed by atoms with van der Waals surface area (Å²) in [6, 6.07) is 0. The van der Waals surface area contributed by atoms with Gasteiger partial charge in [0.15, 0.2) is 0 Å². The topological polar surface area (TPSA) is 65.2 Å². The van der Waals surface area contributed by atoms with Crippen LogP contribution in [0.1, 0.15) is 19.8 Å². The molecule has 0 spiro atoms. The molecule has 0 aliphatic carbocycles. The van der Waals surface area contributed by atoms with E-state index in [0.29, 0.717) is 6.42 Å². The van der Waals surface area contributed by atoms with Gasteiger partial charge in [0.05, 0.1) is 0 Å². The second-order valence-electron chi connectivity index (χ2n) is 1.69. The summed E-state index contributed by atoms with van der Waals surface area (Å²) in [5.74, 6) is -1.13. The van der Waals surface area contributed by atoms with Crippen molar-refractivity contribution in [2.24, 2.45) is 10.3 Å². The lowest BCUT2D eigenvalue weighted by Gasteiger charge is -1.93. The smallest absolute Gasteiger partial charge is 0.274 e. The Balaban J connectivity index is 4.09. The average molecular weight is 148 g/mol. The Bertz CT molecular complexity index is 156. The average Bonchev–Trinajstić information content (AvgIpc) is 1.99. The SMILES string of the molecule is CCCC(=N/O)/C(F)=N\O. The normalized spacial score (nSPS) is 13.8. The maximum absolute atomic E-state index is 12.2. The van der Waals surface area contributed by atoms with Crippen LogP contribution >= 0.6 is 0 Å². The minimum absolute atomic E-state index is 0.231. The summed E-state index contributed by atoms with van der Waals surface area (Å²) >= 11 is 0. The fourth-order valence-electron chi connectivity index (χ4n) is 0.489. The van der Waals surface area contributed by atoms with E-state index in [1.54, 1.807) is 6.92 Å². The van der Waals surface area contributed by atoms with E-state index in [9.17, 15) is 4.39 Å². The zero-order valence-corrected chi connectivity index (χ0v) is 5.58. The van der Waals surface area contributed by atoms with Gasteiger partial charge in [0.2, 0.25) is 0 Å². The van der Waals surface area contributed by atoms with E-state index >= 15 is 0 Å². The molecule has 0 bridgehead atoms. The van der Waals surface area contributed by atoms with E-state index in [1.165, 1.54) is 0 Å². The van der Waals surface area contributed by atoms with Crippen LogP contribution in [0.2, 0.25) is 0 Å². The molecule has 0 aliphatic heterocycles. The van der Waals surface area contributed by atoms with Crippen molar-refractivity contribution >= 4 is 11.7 Å². The maximum atomic E-state index is 12.2. The fourth-order valence-corrected chi connectivity index (χ4v) is 0.489. The molecule has 0 aromatic carbocycles. The summed E-state index contributed by atoms with van der Waals surface area (Å²) in [5.41, 5.74) is -0.231. The van der Waals surface area contributed by atoms with Gasteiger partial charge in [0.25, 0.3) is 5.97 Å². The summed E-state index contributed by atoms with van der Waals surface area (Å²) in [5, 5.41) is 20.8. The summed E-state index contributed by atoms with van der Waals surface area (Å²) in [4.78, 5) is 0. The van der Waals surface area contributed by atoms with Gasteiger partial charge >= 0.3 is 0 Å². The first-order valence-electron chi connectivity index (χ1n) is 2.85. The molecule has 0 saturated heterocycles. The number of hydrogen-bond acceptors (Lipinski definition) is 4. The van der Waals surface area contributed by atoms with Crippen molar-refractivity contribution in [2.45, 2.75) is 19.8 Å². The molecule has 0 aromatic rings. The van der Waals surface area contributed by atoms with Crippen LogP contribution in [0, 0.1) is 0 Å². The van der Waals surface area contributed by atoms with Crippen molar-refractivity contribution in [3.05, 3.63) is 0 Å². The van der Waals surface area contributed by atoms with Crippen LogP contribution in [0.25, 0.3) is 0 Å². The maximum Gasteiger partial charge on any atom is 0.274 e. The van der Waals surface area contributed by atoms with Crippen LogP contribution in [-0.2, 0) is 0 Å². The molecule has 0 heterocycles. The summed E-state index contributed by atoms with van der Waals surface area (Å²) in [6.07, 6.45) is 0.884. The standard InChI is InChI=1S/C5H9FN2O2/c1-2-3-4(7-9)5(6)8-10/h9-10H,2-3H2,1H3/b7-4-,8-5+. The predicted molar refractivity (Wildman–Crippen MR) is 34.5 cm³/mol. The molecule has 0 unspecified atom stereocenters. The highest BCUT2D eigenvalue weighted by Crippen LogP contribution is 1.95. The third kappa shape index (κ3) is 2.43. The van der Waals surface area contributed by atoms with Crippen LogP contribution in [0.4, 0.5) is 4.39 Å². The fraction of sp³-hybridized carbons (Fsp3) is 0.600. The molecule has 0 aliphatic rings. The Kier molecular flexibility index (Phi) is 4.19. The third-order valence-corrected chi connectivity index (χ3v) is 0.933. The highest BCUT2D eigenvalue weighted by molar-refractivity contribution is 6.38. The molecule has 0 saturated carbocycles. The molecule has 0 rings (SSSR count). The summed E-state index contributed by atoms with van der Waals surface area (Å²) in [6.45, 7) is 1.79. The Morgan fingerprint density at radius 3 is 2.30 bits per heavy atom. The lowest BCUT2D eigenvalue weighted by atomic mass is 10.2. The molecular formula is C5H9FN2O2. The molecule has 0 amide bonds. The molecule has 58 valence electrons. The van der Waals surface area contributed by atoms with Crippen molar-refractivity contribution < 1.29 is 14.8 Å². The van der Waals surface area contributed by atoms with Crippen LogP contribution in [0.15, 0.2) is 10.3 Å². The zero-order valence-electron chi connectivity index (χ0n) is 5.58. The molecule has 0 fully saturated rings. The van der Waals surface area contributed by atoms with Gasteiger partial charge in [-0.1, -0.05) is 23.7 Å². The Morgan fingerprint density at radius 1 is 1.40 bits per heavy atom. The number of halogens is 1. The lowest BCUT2D eigenvalue weighted by molar-refractivity contribution is 0.307. The first-order chi connectivity index (χ1) is 4.76. The minimum atomic E-state index is -1.13. The Hall–Kier alpha value is -1.13. The highest BCUT2D eigenvalue weighted by Gasteiger charge is 2.07. The monoisotopic (exact) mass is 148 g/mol. The molecule has 10 heavy (non-hydrogen) atoms. The third-order valence-electron chi connectivity index (χ3n) is 0.933. The van der Waals surface area contributed by atoms with Crippen LogP contribution < -0.4 is 0 Å². The van der Waals surface area contributed by atoms with E-state index in [4.69, 9.17) is 10.4 Å². The van der Waals surface area contributed by atoms with Crippen molar-refractivity contribution in [1.29, 1.82) is 0 Å². The number of hydrogen-bond donors (Lipinski definition) is 2. The van der Waals surface area contributed by atoms with Gasteiger partial charge in [-0.2, -0.15) is 4.39 Å². The highest BCUT2D eigenvalue weighted by atomic mass is 19.1.